The number of pyridine rings is 3. The highest BCUT2D eigenvalue weighted by molar-refractivity contribution is 5.99. The molecule has 0 aromatic carbocycles. The molecule has 0 aliphatic heterocycles. The van der Waals surface area contributed by atoms with E-state index in [-0.39, 0.29) is 0 Å². The first kappa shape index (κ1) is 15.3. The van der Waals surface area contributed by atoms with E-state index in [4.69, 9.17) is 11.5 Å². The average molecular weight is 319 g/mol. The molecule has 3 rings (SSSR count). The monoisotopic (exact) mass is 319 g/mol. The van der Waals surface area contributed by atoms with E-state index in [0.717, 1.165) is 11.1 Å². The molecule has 0 unspecified atom stereocenters. The zero-order valence-corrected chi connectivity index (χ0v) is 12.8. The van der Waals surface area contributed by atoms with Gasteiger partial charge < -0.3 is 11.5 Å². The lowest BCUT2D eigenvalue weighted by Gasteiger charge is -2.01. The molecule has 0 fully saturated rings. The Morgan fingerprint density at radius 2 is 1.25 bits per heavy atom. The summed E-state index contributed by atoms with van der Waals surface area (Å²) in [5, 5.41) is 0. The normalized spacial score (nSPS) is 12.2. The van der Waals surface area contributed by atoms with Gasteiger partial charge in [-0.3, -0.25) is 0 Å². The molecule has 118 valence electrons. The van der Waals surface area contributed by atoms with Crippen LogP contribution in [0.2, 0.25) is 0 Å². The molecule has 0 saturated carbocycles. The number of nitrogens with one attached hydrogen (secondary N) is 2. The van der Waals surface area contributed by atoms with Gasteiger partial charge in [-0.1, -0.05) is 6.07 Å². The molecule has 6 N–H and O–H groups in total. The van der Waals surface area contributed by atoms with Gasteiger partial charge >= 0.3 is 0 Å². The summed E-state index contributed by atoms with van der Waals surface area (Å²) in [5.74, 6) is 1.66. The van der Waals surface area contributed by atoms with Crippen molar-refractivity contribution in [3.8, 4) is 0 Å². The number of nitrogens with two attached hydrogens (primary N) is 2. The third-order valence-corrected chi connectivity index (χ3v) is 3.20. The largest absolute Gasteiger partial charge is 0.383 e. The highest BCUT2D eigenvalue weighted by Crippen LogP contribution is 2.16. The molecule has 7 nitrogen and oxygen atoms in total. The van der Waals surface area contributed by atoms with Crippen LogP contribution in [-0.2, 0) is 0 Å². The van der Waals surface area contributed by atoms with Crippen LogP contribution in [0.25, 0.3) is 0 Å². The van der Waals surface area contributed by atoms with Crippen molar-refractivity contribution in [2.75, 3.05) is 0 Å². The minimum atomic E-state index is 0.367. The molecule has 3 heterocycles. The molecule has 0 radical (unpaired) electrons. The van der Waals surface area contributed by atoms with Crippen LogP contribution < -0.4 is 21.4 Å². The lowest BCUT2D eigenvalue weighted by Crippen LogP contribution is -2.16. The van der Waals surface area contributed by atoms with Crippen molar-refractivity contribution >= 4 is 23.3 Å². The third-order valence-electron chi connectivity index (χ3n) is 3.20. The molecule has 0 aliphatic rings. The van der Waals surface area contributed by atoms with Gasteiger partial charge in [-0.15, -0.1) is 0 Å². The Labute approximate surface area is 138 Å². The summed E-state index contributed by atoms with van der Waals surface area (Å²) >= 11 is 0. The van der Waals surface area contributed by atoms with Crippen LogP contribution in [0.3, 0.4) is 0 Å². The zero-order chi connectivity index (χ0) is 16.8. The van der Waals surface area contributed by atoms with Gasteiger partial charge in [0.2, 0.25) is 0 Å². The predicted octanol–water partition coefficient (Wildman–Crippen LogP) is 0.784. The van der Waals surface area contributed by atoms with Crippen LogP contribution in [0, 0.1) is 0 Å². The second-order valence-corrected chi connectivity index (χ2v) is 4.93. The maximum Gasteiger partial charge on any atom is 0.178 e. The second kappa shape index (κ2) is 7.10. The van der Waals surface area contributed by atoms with E-state index in [1.807, 2.05) is 24.3 Å². The van der Waals surface area contributed by atoms with E-state index in [1.54, 1.807) is 43.0 Å². The maximum atomic E-state index is 5.99. The molecule has 0 spiro atoms. The van der Waals surface area contributed by atoms with E-state index in [1.165, 1.54) is 0 Å². The maximum absolute atomic E-state index is 5.99. The minimum Gasteiger partial charge on any atom is -0.383 e. The molecule has 0 bridgehead atoms. The lowest BCUT2D eigenvalue weighted by molar-refractivity contribution is -0.378. The Kier molecular flexibility index (Phi) is 4.52. The third kappa shape index (κ3) is 3.77. The van der Waals surface area contributed by atoms with Crippen LogP contribution in [0.1, 0.15) is 11.1 Å². The van der Waals surface area contributed by atoms with Crippen molar-refractivity contribution in [1.82, 2.24) is 4.98 Å². The molecule has 7 heteroatoms. The molecule has 0 atom stereocenters. The Morgan fingerprint density at radius 1 is 0.750 bits per heavy atom. The second-order valence-electron chi connectivity index (χ2n) is 4.93. The van der Waals surface area contributed by atoms with Crippen molar-refractivity contribution in [3.05, 3.63) is 78.4 Å². The molecule has 24 heavy (non-hydrogen) atoms. The van der Waals surface area contributed by atoms with Crippen molar-refractivity contribution in [2.24, 2.45) is 21.5 Å². The molecule has 3 aromatic rings. The fraction of sp³-hybridized carbons (Fsp3) is 0. The van der Waals surface area contributed by atoms with E-state index < -0.39 is 0 Å². The van der Waals surface area contributed by atoms with Gasteiger partial charge in [0.1, 0.15) is 11.7 Å². The SMILES string of the molecule is NC(=Nc1cccc(/N=C(\N)c2ccc[nH+]c2)n1)c1ccc[nH+]c1. The topological polar surface area (TPSA) is 118 Å². The van der Waals surface area contributed by atoms with Crippen LogP contribution >= 0.6 is 0 Å². The molecule has 3 aromatic heterocycles. The van der Waals surface area contributed by atoms with Gasteiger partial charge in [0.15, 0.2) is 36.4 Å². The molecule has 0 aliphatic carbocycles. The number of aromatic amines is 2. The molecular weight excluding hydrogens is 302 g/mol. The number of aromatic nitrogens is 3. The Hall–Kier alpha value is -3.61. The lowest BCUT2D eigenvalue weighted by atomic mass is 10.2. The van der Waals surface area contributed by atoms with Gasteiger partial charge in [0, 0.05) is 12.1 Å². The fourth-order valence-corrected chi connectivity index (χ4v) is 2.02. The van der Waals surface area contributed by atoms with Crippen LogP contribution in [-0.4, -0.2) is 16.7 Å². The summed E-state index contributed by atoms with van der Waals surface area (Å²) in [6, 6.07) is 12.7. The highest BCUT2D eigenvalue weighted by Gasteiger charge is 2.04. The quantitative estimate of drug-likeness (QED) is 0.546. The summed E-state index contributed by atoms with van der Waals surface area (Å²) in [6.45, 7) is 0. The highest BCUT2D eigenvalue weighted by atomic mass is 15.0. The molecule has 0 amide bonds. The number of H-pyrrole nitrogens is 2. The summed E-state index contributed by atoms with van der Waals surface area (Å²) in [4.78, 5) is 18.9. The van der Waals surface area contributed by atoms with Gasteiger partial charge in [-0.2, -0.15) is 0 Å². The van der Waals surface area contributed by atoms with Crippen LogP contribution in [0.4, 0.5) is 11.6 Å². The van der Waals surface area contributed by atoms with Gasteiger partial charge in [0.05, 0.1) is 11.1 Å². The first-order valence-electron chi connectivity index (χ1n) is 7.31. The first-order valence-corrected chi connectivity index (χ1v) is 7.31. The van der Waals surface area contributed by atoms with Crippen LogP contribution in [0.15, 0.2) is 77.2 Å². The van der Waals surface area contributed by atoms with Crippen molar-refractivity contribution in [2.45, 2.75) is 0 Å². The average Bonchev–Trinajstić information content (AvgIpc) is 2.63. The summed E-state index contributed by atoms with van der Waals surface area (Å²) in [7, 11) is 0. The Morgan fingerprint density at radius 3 is 1.67 bits per heavy atom. The van der Waals surface area contributed by atoms with Crippen molar-refractivity contribution in [3.63, 3.8) is 0 Å². The van der Waals surface area contributed by atoms with Gasteiger partial charge in [0.25, 0.3) is 0 Å². The molecular formula is C17H17N7+2. The number of nitrogens with zero attached hydrogens (tertiary/aromatic N) is 3. The van der Waals surface area contributed by atoms with E-state index >= 15 is 0 Å². The number of amidine groups is 2. The van der Waals surface area contributed by atoms with E-state index in [9.17, 15) is 0 Å². The van der Waals surface area contributed by atoms with Crippen molar-refractivity contribution in [1.29, 1.82) is 0 Å². The summed E-state index contributed by atoms with van der Waals surface area (Å²) in [5.41, 5.74) is 13.6. The number of aliphatic imine (C=N–C) groups is 2. The smallest absolute Gasteiger partial charge is 0.178 e. The van der Waals surface area contributed by atoms with Crippen LogP contribution in [0.5, 0.6) is 0 Å². The van der Waals surface area contributed by atoms with Gasteiger partial charge in [-0.25, -0.2) is 24.9 Å². The van der Waals surface area contributed by atoms with Crippen molar-refractivity contribution < 1.29 is 9.97 Å². The van der Waals surface area contributed by atoms with E-state index in [0.29, 0.717) is 23.3 Å². The van der Waals surface area contributed by atoms with Gasteiger partial charge in [-0.05, 0) is 24.3 Å². The Bertz CT molecular complexity index is 803. The zero-order valence-electron chi connectivity index (χ0n) is 12.8. The number of rotatable bonds is 4. The fourth-order valence-electron chi connectivity index (χ4n) is 2.02. The number of hydrogen-bond donors (Lipinski definition) is 2. The summed E-state index contributed by atoms with van der Waals surface area (Å²) < 4.78 is 0. The first-order chi connectivity index (χ1) is 11.7. The predicted molar refractivity (Wildman–Crippen MR) is 91.0 cm³/mol. The molecule has 0 saturated heterocycles. The Balaban J connectivity index is 1.87. The minimum absolute atomic E-state index is 0.367. The summed E-state index contributed by atoms with van der Waals surface area (Å²) in [6.07, 6.45) is 7.14. The standard InChI is InChI=1S/C17H15N7/c18-16(12-4-2-8-20-10-12)23-14-6-1-7-15(22-14)24-17(19)13-5-3-9-21-11-13/h1-11H,(H4,18,19,22,23,24)/p+2. The number of hydrogen-bond acceptors (Lipinski definition) is 3. The van der Waals surface area contributed by atoms with E-state index in [2.05, 4.69) is 24.9 Å².